The molecule has 4 aromatic rings. The van der Waals surface area contributed by atoms with Crippen LogP contribution in [-0.4, -0.2) is 28.4 Å². The van der Waals surface area contributed by atoms with Gasteiger partial charge in [0.2, 0.25) is 0 Å². The Hall–Kier alpha value is -3.68. The van der Waals surface area contributed by atoms with Crippen molar-refractivity contribution < 1.29 is 19.4 Å². The van der Waals surface area contributed by atoms with Crippen LogP contribution < -0.4 is 9.64 Å². The number of benzene rings is 3. The van der Waals surface area contributed by atoms with E-state index < -0.39 is 17.7 Å². The van der Waals surface area contributed by atoms with Gasteiger partial charge in [-0.05, 0) is 42.8 Å². The van der Waals surface area contributed by atoms with Crippen LogP contribution in [0.4, 0.5) is 5.13 Å². The number of carbonyl (C=O) groups excluding carboxylic acids is 2. The van der Waals surface area contributed by atoms with Crippen molar-refractivity contribution in [3.05, 3.63) is 94.5 Å². The quantitative estimate of drug-likeness (QED) is 0.211. The average Bonchev–Trinajstić information content (AvgIpc) is 3.38. The molecule has 170 valence electrons. The highest BCUT2D eigenvalue weighted by molar-refractivity contribution is 7.22. The molecule has 1 aromatic heterocycles. The number of hydrogen-bond donors (Lipinski definition) is 1. The first-order valence-electron chi connectivity index (χ1n) is 10.6. The fraction of sp³-hybridized carbons (Fsp3) is 0.115. The van der Waals surface area contributed by atoms with Crippen LogP contribution in [0, 0.1) is 0 Å². The van der Waals surface area contributed by atoms with Gasteiger partial charge < -0.3 is 9.84 Å². The Morgan fingerprint density at radius 2 is 1.82 bits per heavy atom. The monoisotopic (exact) mass is 490 g/mol. The van der Waals surface area contributed by atoms with E-state index in [0.717, 1.165) is 4.70 Å². The summed E-state index contributed by atoms with van der Waals surface area (Å²) < 4.78 is 6.40. The molecule has 1 amide bonds. The van der Waals surface area contributed by atoms with Crippen molar-refractivity contribution in [2.24, 2.45) is 0 Å². The number of halogens is 1. The van der Waals surface area contributed by atoms with Crippen LogP contribution in [0.1, 0.15) is 24.1 Å². The largest absolute Gasteiger partial charge is 0.507 e. The first-order chi connectivity index (χ1) is 16.5. The molecule has 0 spiro atoms. The highest BCUT2D eigenvalue weighted by Crippen LogP contribution is 2.44. The minimum Gasteiger partial charge on any atom is -0.507 e. The smallest absolute Gasteiger partial charge is 0.301 e. The maximum absolute atomic E-state index is 13.3. The maximum atomic E-state index is 13.3. The third kappa shape index (κ3) is 3.83. The van der Waals surface area contributed by atoms with Gasteiger partial charge in [-0.1, -0.05) is 65.4 Å². The molecule has 1 N–H and O–H groups in total. The minimum absolute atomic E-state index is 0.00721. The predicted molar refractivity (Wildman–Crippen MR) is 133 cm³/mol. The van der Waals surface area contributed by atoms with E-state index in [0.29, 0.717) is 39.2 Å². The molecule has 0 saturated carbocycles. The fourth-order valence-electron chi connectivity index (χ4n) is 3.99. The van der Waals surface area contributed by atoms with E-state index in [9.17, 15) is 14.7 Å². The summed E-state index contributed by atoms with van der Waals surface area (Å²) in [5.41, 5.74) is 1.77. The summed E-state index contributed by atoms with van der Waals surface area (Å²) in [4.78, 5) is 32.5. The Balaban J connectivity index is 1.69. The zero-order chi connectivity index (χ0) is 23.8. The van der Waals surface area contributed by atoms with E-state index in [1.165, 1.54) is 16.2 Å². The van der Waals surface area contributed by atoms with Crippen molar-refractivity contribution in [1.29, 1.82) is 0 Å². The van der Waals surface area contributed by atoms with Gasteiger partial charge in [-0.2, -0.15) is 0 Å². The number of anilines is 1. The van der Waals surface area contributed by atoms with Crippen LogP contribution in [0.15, 0.2) is 78.4 Å². The summed E-state index contributed by atoms with van der Waals surface area (Å²) in [5, 5.41) is 12.0. The first-order valence-corrected chi connectivity index (χ1v) is 11.8. The molecule has 34 heavy (non-hydrogen) atoms. The Kier molecular flexibility index (Phi) is 5.81. The summed E-state index contributed by atoms with van der Waals surface area (Å²) in [7, 11) is 0. The number of carbonyl (C=O) groups is 2. The lowest BCUT2D eigenvalue weighted by molar-refractivity contribution is -0.132. The van der Waals surface area contributed by atoms with E-state index in [4.69, 9.17) is 16.3 Å². The maximum Gasteiger partial charge on any atom is 0.301 e. The molecule has 1 aliphatic heterocycles. The lowest BCUT2D eigenvalue weighted by Gasteiger charge is -2.23. The van der Waals surface area contributed by atoms with Crippen molar-refractivity contribution in [1.82, 2.24) is 4.98 Å². The van der Waals surface area contributed by atoms with Gasteiger partial charge in [0.15, 0.2) is 5.13 Å². The topological polar surface area (TPSA) is 79.7 Å². The number of aromatic nitrogens is 1. The number of thiazole rings is 1. The highest BCUT2D eigenvalue weighted by Gasteiger charge is 2.48. The molecule has 1 atom stereocenters. The lowest BCUT2D eigenvalue weighted by atomic mass is 9.95. The van der Waals surface area contributed by atoms with E-state index in [1.54, 1.807) is 48.5 Å². The number of aliphatic hydroxyl groups excluding tert-OH is 1. The van der Waals surface area contributed by atoms with E-state index in [2.05, 4.69) is 4.98 Å². The summed E-state index contributed by atoms with van der Waals surface area (Å²) in [6, 6.07) is 20.2. The molecule has 1 aliphatic rings. The molecule has 1 unspecified atom stereocenters. The standard InChI is InChI=1S/C26H19ClN2O4S/c1-2-33-18-12-13-19-20(14-18)34-26(28-19)29-22(15-8-10-17(27)11-9-15)21(24(31)25(29)32)23(30)16-6-4-3-5-7-16/h3-14,22,30H,2H2,1H3/b23-21+. The summed E-state index contributed by atoms with van der Waals surface area (Å²) in [6.07, 6.45) is 0. The number of fused-ring (bicyclic) bond motifs is 1. The van der Waals surface area contributed by atoms with E-state index >= 15 is 0 Å². The molecule has 5 rings (SSSR count). The number of amides is 1. The molecule has 0 aliphatic carbocycles. The number of hydrogen-bond acceptors (Lipinski definition) is 6. The summed E-state index contributed by atoms with van der Waals surface area (Å²) >= 11 is 7.37. The number of ketones is 1. The van der Waals surface area contributed by atoms with Crippen molar-refractivity contribution in [3.8, 4) is 5.75 Å². The first kappa shape index (κ1) is 22.1. The van der Waals surface area contributed by atoms with Crippen molar-refractivity contribution >= 4 is 55.7 Å². The third-order valence-electron chi connectivity index (χ3n) is 5.54. The number of Topliss-reactive ketones (excluding diaryl/α,β-unsaturated/α-hetero) is 1. The Labute approximate surface area is 204 Å². The van der Waals surface area contributed by atoms with Crippen LogP contribution in [0.3, 0.4) is 0 Å². The van der Waals surface area contributed by atoms with E-state index in [-0.39, 0.29) is 11.3 Å². The number of ether oxygens (including phenoxy) is 1. The lowest BCUT2D eigenvalue weighted by Crippen LogP contribution is -2.29. The van der Waals surface area contributed by atoms with Crippen LogP contribution in [0.5, 0.6) is 5.75 Å². The second-order valence-electron chi connectivity index (χ2n) is 7.65. The van der Waals surface area contributed by atoms with Gasteiger partial charge in [0.05, 0.1) is 28.4 Å². The molecule has 8 heteroatoms. The number of nitrogens with zero attached hydrogens (tertiary/aromatic N) is 2. The van der Waals surface area contributed by atoms with Crippen LogP contribution >= 0.6 is 22.9 Å². The van der Waals surface area contributed by atoms with Gasteiger partial charge in [-0.3, -0.25) is 14.5 Å². The Bertz CT molecular complexity index is 1430. The van der Waals surface area contributed by atoms with Crippen LogP contribution in [0.25, 0.3) is 16.0 Å². The van der Waals surface area contributed by atoms with Crippen molar-refractivity contribution in [2.45, 2.75) is 13.0 Å². The SMILES string of the molecule is CCOc1ccc2nc(N3C(=O)C(=O)/C(=C(/O)c4ccccc4)C3c3ccc(Cl)cc3)sc2c1. The molecule has 3 aromatic carbocycles. The molecular formula is C26H19ClN2O4S. The van der Waals surface area contributed by atoms with Gasteiger partial charge >= 0.3 is 5.91 Å². The van der Waals surface area contributed by atoms with Gasteiger partial charge in [0, 0.05) is 10.6 Å². The van der Waals surface area contributed by atoms with Crippen molar-refractivity contribution in [2.75, 3.05) is 11.5 Å². The highest BCUT2D eigenvalue weighted by atomic mass is 35.5. The number of rotatable bonds is 5. The minimum atomic E-state index is -0.857. The molecular weight excluding hydrogens is 472 g/mol. The molecule has 2 heterocycles. The predicted octanol–water partition coefficient (Wildman–Crippen LogP) is 5.97. The summed E-state index contributed by atoms with van der Waals surface area (Å²) in [6.45, 7) is 2.43. The van der Waals surface area contributed by atoms with Gasteiger partial charge in [-0.15, -0.1) is 0 Å². The molecule has 0 bridgehead atoms. The van der Waals surface area contributed by atoms with E-state index in [1.807, 2.05) is 31.2 Å². The van der Waals surface area contributed by atoms with Gasteiger partial charge in [0.1, 0.15) is 11.5 Å². The Morgan fingerprint density at radius 1 is 1.09 bits per heavy atom. The zero-order valence-corrected chi connectivity index (χ0v) is 19.6. The fourth-order valence-corrected chi connectivity index (χ4v) is 5.14. The van der Waals surface area contributed by atoms with Gasteiger partial charge in [-0.25, -0.2) is 4.98 Å². The summed E-state index contributed by atoms with van der Waals surface area (Å²) in [5.74, 6) is -1.05. The van der Waals surface area contributed by atoms with Gasteiger partial charge in [0.25, 0.3) is 5.78 Å². The number of aliphatic hydroxyl groups is 1. The molecule has 1 saturated heterocycles. The second kappa shape index (κ2) is 8.93. The average molecular weight is 491 g/mol. The molecule has 0 radical (unpaired) electrons. The zero-order valence-electron chi connectivity index (χ0n) is 18.1. The second-order valence-corrected chi connectivity index (χ2v) is 9.09. The van der Waals surface area contributed by atoms with Crippen LogP contribution in [0.2, 0.25) is 5.02 Å². The Morgan fingerprint density at radius 3 is 2.53 bits per heavy atom. The molecule has 1 fully saturated rings. The normalized spacial score (nSPS) is 17.5. The van der Waals surface area contributed by atoms with Crippen LogP contribution in [-0.2, 0) is 9.59 Å². The van der Waals surface area contributed by atoms with Crippen molar-refractivity contribution in [3.63, 3.8) is 0 Å². The molecule has 6 nitrogen and oxygen atoms in total. The third-order valence-corrected chi connectivity index (χ3v) is 6.81.